The number of aryl methyl sites for hydroxylation is 3. The molecule has 192 valence electrons. The molecule has 1 aromatic carbocycles. The average molecular weight is 492 g/mol. The molecule has 1 amide bonds. The van der Waals surface area contributed by atoms with Gasteiger partial charge >= 0.3 is 0 Å². The molecule has 0 spiro atoms. The van der Waals surface area contributed by atoms with Crippen molar-refractivity contribution in [3.63, 3.8) is 0 Å². The molecule has 0 atom stereocenters. The van der Waals surface area contributed by atoms with Crippen LogP contribution in [0.15, 0.2) is 28.4 Å². The van der Waals surface area contributed by atoms with Gasteiger partial charge in [0.05, 0.1) is 5.70 Å². The molecule has 0 saturated heterocycles. The number of nitrogens with two attached hydrogens (primary N) is 1. The monoisotopic (exact) mass is 491 g/mol. The molecular formula is C28H46ClN3O2. The van der Waals surface area contributed by atoms with Gasteiger partial charge in [0.1, 0.15) is 6.54 Å². The second-order valence-electron chi connectivity index (χ2n) is 8.87. The van der Waals surface area contributed by atoms with Crippen LogP contribution in [0.1, 0.15) is 89.8 Å². The van der Waals surface area contributed by atoms with Crippen LogP contribution in [0.3, 0.4) is 0 Å². The Morgan fingerprint density at radius 3 is 1.94 bits per heavy atom. The number of halogens is 1. The molecule has 0 unspecified atom stereocenters. The first-order valence-corrected chi connectivity index (χ1v) is 13.0. The molecule has 1 saturated carbocycles. The van der Waals surface area contributed by atoms with Crippen molar-refractivity contribution in [2.75, 3.05) is 19.6 Å². The molecule has 1 aromatic rings. The third-order valence-corrected chi connectivity index (χ3v) is 5.82. The number of carbonyl (C=O) groups excluding carboxylic acids is 2. The molecule has 1 aliphatic carbocycles. The number of ketones is 1. The standard InChI is InChI=1S/C16H27N3O2.C9H11Cl.C3H8/c1-4-9-19(10-5-2)15(21)11-18-14-8-6-7-13(14)16(17)12(3)20;1-6-4-7(2)9(10)8(3)5-6;1-3-2/h4-11,17H2,1-3H3;4-5H,1-3H3;3H2,1-2H3/b16-13-,18-14?;;. The number of Topliss-reactive ketones (excluding diaryl/α,β-unsaturated/α-hetero) is 1. The van der Waals surface area contributed by atoms with Crippen molar-refractivity contribution in [3.05, 3.63) is 45.1 Å². The zero-order valence-corrected chi connectivity index (χ0v) is 23.4. The van der Waals surface area contributed by atoms with Gasteiger partial charge in [0.2, 0.25) is 5.91 Å². The summed E-state index contributed by atoms with van der Waals surface area (Å²) in [5.74, 6) is -0.0663. The molecule has 1 fully saturated rings. The minimum atomic E-state index is -0.121. The van der Waals surface area contributed by atoms with Gasteiger partial charge < -0.3 is 10.6 Å². The van der Waals surface area contributed by atoms with Crippen molar-refractivity contribution in [1.82, 2.24) is 4.90 Å². The predicted molar refractivity (Wildman–Crippen MR) is 147 cm³/mol. The van der Waals surface area contributed by atoms with Crippen molar-refractivity contribution >= 4 is 29.0 Å². The maximum atomic E-state index is 12.2. The Hall–Kier alpha value is -2.14. The highest BCUT2D eigenvalue weighted by Crippen LogP contribution is 2.24. The van der Waals surface area contributed by atoms with Crippen molar-refractivity contribution in [2.24, 2.45) is 10.7 Å². The highest BCUT2D eigenvalue weighted by Gasteiger charge is 2.21. The van der Waals surface area contributed by atoms with Gasteiger partial charge in [0.25, 0.3) is 0 Å². The van der Waals surface area contributed by atoms with E-state index >= 15 is 0 Å². The number of carbonyl (C=O) groups is 2. The second kappa shape index (κ2) is 17.3. The lowest BCUT2D eigenvalue weighted by Crippen LogP contribution is -2.34. The Bertz CT molecular complexity index is 830. The van der Waals surface area contributed by atoms with E-state index in [9.17, 15) is 9.59 Å². The summed E-state index contributed by atoms with van der Waals surface area (Å²) >= 11 is 5.95. The summed E-state index contributed by atoms with van der Waals surface area (Å²) < 4.78 is 0. The first-order valence-electron chi connectivity index (χ1n) is 12.6. The van der Waals surface area contributed by atoms with E-state index < -0.39 is 0 Å². The van der Waals surface area contributed by atoms with Gasteiger partial charge in [-0.2, -0.15) is 0 Å². The predicted octanol–water partition coefficient (Wildman–Crippen LogP) is 6.74. The Kier molecular flexibility index (Phi) is 16.2. The molecule has 5 nitrogen and oxygen atoms in total. The van der Waals surface area contributed by atoms with Crippen LogP contribution in [-0.4, -0.2) is 41.9 Å². The Morgan fingerprint density at radius 2 is 1.50 bits per heavy atom. The van der Waals surface area contributed by atoms with Gasteiger partial charge in [-0.3, -0.25) is 14.6 Å². The fourth-order valence-electron chi connectivity index (χ4n) is 3.73. The summed E-state index contributed by atoms with van der Waals surface area (Å²) in [5.41, 5.74) is 11.4. The van der Waals surface area contributed by atoms with E-state index in [2.05, 4.69) is 51.7 Å². The number of amides is 1. The van der Waals surface area contributed by atoms with Gasteiger partial charge in [-0.15, -0.1) is 0 Å². The maximum absolute atomic E-state index is 12.2. The van der Waals surface area contributed by atoms with Gasteiger partial charge in [0.15, 0.2) is 5.78 Å². The number of benzene rings is 1. The number of hydrogen-bond donors (Lipinski definition) is 1. The minimum absolute atomic E-state index is 0.0545. The molecule has 0 bridgehead atoms. The summed E-state index contributed by atoms with van der Waals surface area (Å²) in [7, 11) is 0. The highest BCUT2D eigenvalue weighted by atomic mass is 35.5. The van der Waals surface area contributed by atoms with E-state index in [1.54, 1.807) is 0 Å². The van der Waals surface area contributed by atoms with Gasteiger partial charge in [-0.25, -0.2) is 0 Å². The summed E-state index contributed by atoms with van der Waals surface area (Å²) in [5, 5.41) is 0.894. The highest BCUT2D eigenvalue weighted by molar-refractivity contribution is 6.32. The van der Waals surface area contributed by atoms with Crippen LogP contribution in [0.5, 0.6) is 0 Å². The third kappa shape index (κ3) is 11.3. The summed E-state index contributed by atoms with van der Waals surface area (Å²) in [6, 6.07) is 4.19. The normalized spacial score (nSPS) is 15.1. The number of hydrogen-bond acceptors (Lipinski definition) is 4. The quantitative estimate of drug-likeness (QED) is 0.429. The molecular weight excluding hydrogens is 446 g/mol. The third-order valence-electron chi connectivity index (χ3n) is 5.22. The number of allylic oxidation sites excluding steroid dienone is 2. The number of rotatable bonds is 7. The van der Waals surface area contributed by atoms with Crippen molar-refractivity contribution < 1.29 is 9.59 Å². The van der Waals surface area contributed by atoms with E-state index in [-0.39, 0.29) is 18.2 Å². The van der Waals surface area contributed by atoms with E-state index in [4.69, 9.17) is 17.3 Å². The molecule has 34 heavy (non-hydrogen) atoms. The topological polar surface area (TPSA) is 75.8 Å². The zero-order chi connectivity index (χ0) is 26.3. The van der Waals surface area contributed by atoms with Gasteiger partial charge in [-0.1, -0.05) is 63.4 Å². The lowest BCUT2D eigenvalue weighted by molar-refractivity contribution is -0.129. The van der Waals surface area contributed by atoms with E-state index in [0.717, 1.165) is 61.5 Å². The number of nitrogens with zero attached hydrogens (tertiary/aromatic N) is 2. The smallest absolute Gasteiger partial charge is 0.244 e. The van der Waals surface area contributed by atoms with Crippen molar-refractivity contribution in [2.45, 2.75) is 93.9 Å². The summed E-state index contributed by atoms with van der Waals surface area (Å²) in [6.07, 6.45) is 5.68. The lowest BCUT2D eigenvalue weighted by atomic mass is 10.1. The second-order valence-corrected chi connectivity index (χ2v) is 9.24. The number of aliphatic imine (C=N–C) groups is 1. The zero-order valence-electron chi connectivity index (χ0n) is 22.7. The van der Waals surface area contributed by atoms with Crippen LogP contribution in [-0.2, 0) is 9.59 Å². The fourth-order valence-corrected chi connectivity index (χ4v) is 3.84. The van der Waals surface area contributed by atoms with E-state index in [1.807, 2.05) is 18.7 Å². The van der Waals surface area contributed by atoms with Crippen LogP contribution in [0.4, 0.5) is 0 Å². The molecule has 2 N–H and O–H groups in total. The van der Waals surface area contributed by atoms with Crippen LogP contribution in [0, 0.1) is 20.8 Å². The fraction of sp³-hybridized carbons (Fsp3) is 0.607. The SMILES string of the molecule is CCC.CCCN(CCC)C(=O)CN=C1CCC/C1=C(/N)C(C)=O.Cc1cc(C)c(Cl)c(C)c1. The lowest BCUT2D eigenvalue weighted by Gasteiger charge is -2.20. The van der Waals surface area contributed by atoms with Gasteiger partial charge in [0, 0.05) is 30.7 Å². The molecule has 0 radical (unpaired) electrons. The van der Waals surface area contributed by atoms with Crippen LogP contribution < -0.4 is 5.73 Å². The van der Waals surface area contributed by atoms with Crippen LogP contribution in [0.2, 0.25) is 5.02 Å². The molecule has 0 aliphatic heterocycles. The Morgan fingerprint density at radius 1 is 1.00 bits per heavy atom. The molecule has 2 rings (SSSR count). The maximum Gasteiger partial charge on any atom is 0.244 e. The average Bonchev–Trinajstić information content (AvgIpc) is 3.24. The largest absolute Gasteiger partial charge is 0.396 e. The van der Waals surface area contributed by atoms with E-state index in [1.165, 1.54) is 30.0 Å². The molecule has 1 aliphatic rings. The first-order chi connectivity index (χ1) is 16.0. The van der Waals surface area contributed by atoms with Crippen LogP contribution in [0.25, 0.3) is 0 Å². The molecule has 0 heterocycles. The van der Waals surface area contributed by atoms with Crippen molar-refractivity contribution in [3.8, 4) is 0 Å². The Labute approximate surface area is 212 Å². The molecule has 6 heteroatoms. The first kappa shape index (κ1) is 31.9. The summed E-state index contributed by atoms with van der Waals surface area (Å²) in [6.45, 7) is 17.7. The van der Waals surface area contributed by atoms with E-state index in [0.29, 0.717) is 5.70 Å². The summed E-state index contributed by atoms with van der Waals surface area (Å²) in [4.78, 5) is 29.9. The Balaban J connectivity index is 0.000000692. The molecule has 0 aromatic heterocycles. The minimum Gasteiger partial charge on any atom is -0.396 e. The van der Waals surface area contributed by atoms with Gasteiger partial charge in [-0.05, 0) is 69.6 Å². The van der Waals surface area contributed by atoms with Crippen LogP contribution >= 0.6 is 11.6 Å². The van der Waals surface area contributed by atoms with Crippen molar-refractivity contribution in [1.29, 1.82) is 0 Å².